The van der Waals surface area contributed by atoms with Crippen molar-refractivity contribution in [3.05, 3.63) is 18.2 Å². The van der Waals surface area contributed by atoms with Crippen molar-refractivity contribution >= 4 is 5.69 Å². The predicted molar refractivity (Wildman–Crippen MR) is 85.4 cm³/mol. The van der Waals surface area contributed by atoms with E-state index in [1.54, 1.807) is 0 Å². The minimum Gasteiger partial charge on any atom is -0.486 e. The number of ether oxygens (including phenoxy) is 2. The van der Waals surface area contributed by atoms with E-state index >= 15 is 0 Å². The average Bonchev–Trinajstić information content (AvgIpc) is 2.54. The van der Waals surface area contributed by atoms with Gasteiger partial charge in [0.1, 0.15) is 13.2 Å². The monoisotopic (exact) mass is 290 g/mol. The van der Waals surface area contributed by atoms with Crippen molar-refractivity contribution < 1.29 is 9.47 Å². The molecule has 2 unspecified atom stereocenters. The van der Waals surface area contributed by atoms with Gasteiger partial charge in [-0.25, -0.2) is 0 Å². The molecule has 2 heterocycles. The SMILES string of the molecule is CCN1CCCC(C(C)Nc2ccc3c(c2)OCCO3)C1. The number of hydrogen-bond donors (Lipinski definition) is 1. The summed E-state index contributed by atoms with van der Waals surface area (Å²) in [5.74, 6) is 2.43. The molecule has 2 aliphatic heterocycles. The summed E-state index contributed by atoms with van der Waals surface area (Å²) in [4.78, 5) is 2.55. The summed E-state index contributed by atoms with van der Waals surface area (Å²) in [6, 6.07) is 6.63. The van der Waals surface area contributed by atoms with Gasteiger partial charge in [-0.15, -0.1) is 0 Å². The molecule has 116 valence electrons. The molecule has 0 bridgehead atoms. The van der Waals surface area contributed by atoms with Gasteiger partial charge in [0.25, 0.3) is 0 Å². The number of nitrogens with one attached hydrogen (secondary N) is 1. The number of nitrogens with zero attached hydrogens (tertiary/aromatic N) is 1. The van der Waals surface area contributed by atoms with Crippen LogP contribution < -0.4 is 14.8 Å². The van der Waals surface area contributed by atoms with Gasteiger partial charge in [-0.1, -0.05) is 6.92 Å². The molecule has 2 atom stereocenters. The molecule has 0 aliphatic carbocycles. The molecule has 4 heteroatoms. The van der Waals surface area contributed by atoms with Crippen molar-refractivity contribution in [3.8, 4) is 11.5 Å². The molecule has 4 nitrogen and oxygen atoms in total. The minimum atomic E-state index is 0.474. The molecular formula is C17H26N2O2. The quantitative estimate of drug-likeness (QED) is 0.924. The van der Waals surface area contributed by atoms with Crippen LogP contribution in [0.15, 0.2) is 18.2 Å². The van der Waals surface area contributed by atoms with Crippen LogP contribution in [0.4, 0.5) is 5.69 Å². The molecule has 1 saturated heterocycles. The number of piperidine rings is 1. The fourth-order valence-corrected chi connectivity index (χ4v) is 3.30. The number of likely N-dealkylation sites (tertiary alicyclic amines) is 1. The number of rotatable bonds is 4. The normalized spacial score (nSPS) is 23.6. The maximum atomic E-state index is 5.65. The molecule has 3 rings (SSSR count). The van der Waals surface area contributed by atoms with Crippen LogP contribution in [-0.4, -0.2) is 43.8 Å². The van der Waals surface area contributed by atoms with Gasteiger partial charge in [0.05, 0.1) is 0 Å². The molecule has 1 aromatic carbocycles. The molecule has 21 heavy (non-hydrogen) atoms. The lowest BCUT2D eigenvalue weighted by Gasteiger charge is -2.35. The Morgan fingerprint density at radius 1 is 1.29 bits per heavy atom. The first-order valence-corrected chi connectivity index (χ1v) is 8.15. The molecular weight excluding hydrogens is 264 g/mol. The zero-order valence-corrected chi connectivity index (χ0v) is 13.1. The Labute approximate surface area is 127 Å². The second-order valence-electron chi connectivity index (χ2n) is 6.09. The Hall–Kier alpha value is -1.42. The lowest BCUT2D eigenvalue weighted by Crippen LogP contribution is -2.41. The summed E-state index contributed by atoms with van der Waals surface area (Å²) >= 11 is 0. The Bertz CT molecular complexity index is 478. The molecule has 1 fully saturated rings. The zero-order valence-electron chi connectivity index (χ0n) is 13.1. The van der Waals surface area contributed by atoms with Gasteiger partial charge >= 0.3 is 0 Å². The molecule has 0 saturated carbocycles. The molecule has 0 amide bonds. The lowest BCUT2D eigenvalue weighted by atomic mass is 9.91. The number of fused-ring (bicyclic) bond motifs is 1. The van der Waals surface area contributed by atoms with Crippen LogP contribution in [0.5, 0.6) is 11.5 Å². The molecule has 2 aliphatic rings. The van der Waals surface area contributed by atoms with Crippen LogP contribution in [0.1, 0.15) is 26.7 Å². The van der Waals surface area contributed by atoms with Crippen molar-refractivity contribution in [1.29, 1.82) is 0 Å². The second kappa shape index (κ2) is 6.56. The van der Waals surface area contributed by atoms with Crippen molar-refractivity contribution in [2.45, 2.75) is 32.7 Å². The van der Waals surface area contributed by atoms with Gasteiger partial charge in [0.15, 0.2) is 11.5 Å². The van der Waals surface area contributed by atoms with Gasteiger partial charge in [-0.3, -0.25) is 0 Å². The third-order valence-electron chi connectivity index (χ3n) is 4.63. The van der Waals surface area contributed by atoms with Crippen LogP contribution in [0.3, 0.4) is 0 Å². The highest BCUT2D eigenvalue weighted by Gasteiger charge is 2.24. The summed E-state index contributed by atoms with van der Waals surface area (Å²) in [7, 11) is 0. The molecule has 0 spiro atoms. The standard InChI is InChI=1S/C17H26N2O2/c1-3-19-8-4-5-14(12-19)13(2)18-15-6-7-16-17(11-15)21-10-9-20-16/h6-7,11,13-14,18H,3-5,8-10,12H2,1-2H3. The first-order chi connectivity index (χ1) is 10.3. The first-order valence-electron chi connectivity index (χ1n) is 8.15. The number of benzene rings is 1. The Morgan fingerprint density at radius 3 is 2.90 bits per heavy atom. The van der Waals surface area contributed by atoms with Crippen LogP contribution in [-0.2, 0) is 0 Å². The van der Waals surface area contributed by atoms with Gasteiger partial charge in [0, 0.05) is 24.3 Å². The highest BCUT2D eigenvalue weighted by Crippen LogP contribution is 2.33. The summed E-state index contributed by atoms with van der Waals surface area (Å²) in [5, 5.41) is 3.64. The second-order valence-corrected chi connectivity index (χ2v) is 6.09. The van der Waals surface area contributed by atoms with Crippen LogP contribution in [0.25, 0.3) is 0 Å². The number of anilines is 1. The fourth-order valence-electron chi connectivity index (χ4n) is 3.30. The first kappa shape index (κ1) is 14.5. The van der Waals surface area contributed by atoms with Gasteiger partial charge in [-0.2, -0.15) is 0 Å². The van der Waals surface area contributed by atoms with E-state index in [-0.39, 0.29) is 0 Å². The van der Waals surface area contributed by atoms with E-state index in [2.05, 4.69) is 36.2 Å². The summed E-state index contributed by atoms with van der Waals surface area (Å²) < 4.78 is 11.2. The van der Waals surface area contributed by atoms with Crippen LogP contribution >= 0.6 is 0 Å². The van der Waals surface area contributed by atoms with E-state index in [0.29, 0.717) is 25.2 Å². The lowest BCUT2D eigenvalue weighted by molar-refractivity contribution is 0.170. The Morgan fingerprint density at radius 2 is 2.10 bits per heavy atom. The van der Waals surface area contributed by atoms with Crippen molar-refractivity contribution in [2.75, 3.05) is 38.2 Å². The molecule has 1 aromatic rings. The topological polar surface area (TPSA) is 33.7 Å². The van der Waals surface area contributed by atoms with Crippen molar-refractivity contribution in [3.63, 3.8) is 0 Å². The summed E-state index contributed by atoms with van der Waals surface area (Å²) in [6.45, 7) is 9.44. The van der Waals surface area contributed by atoms with Gasteiger partial charge in [0.2, 0.25) is 0 Å². The van der Waals surface area contributed by atoms with Crippen molar-refractivity contribution in [2.24, 2.45) is 5.92 Å². The van der Waals surface area contributed by atoms with Gasteiger partial charge < -0.3 is 19.7 Å². The Balaban J connectivity index is 1.63. The highest BCUT2D eigenvalue weighted by molar-refractivity contribution is 5.55. The van der Waals surface area contributed by atoms with E-state index in [9.17, 15) is 0 Å². The van der Waals surface area contributed by atoms with E-state index < -0.39 is 0 Å². The van der Waals surface area contributed by atoms with E-state index in [1.807, 2.05) is 6.07 Å². The highest BCUT2D eigenvalue weighted by atomic mass is 16.6. The van der Waals surface area contributed by atoms with Crippen LogP contribution in [0.2, 0.25) is 0 Å². The average molecular weight is 290 g/mol. The molecule has 0 aromatic heterocycles. The number of hydrogen-bond acceptors (Lipinski definition) is 4. The van der Waals surface area contributed by atoms with Crippen LogP contribution in [0, 0.1) is 5.92 Å². The third-order valence-corrected chi connectivity index (χ3v) is 4.63. The van der Waals surface area contributed by atoms with Crippen molar-refractivity contribution in [1.82, 2.24) is 4.90 Å². The smallest absolute Gasteiger partial charge is 0.163 e. The fraction of sp³-hybridized carbons (Fsp3) is 0.647. The predicted octanol–water partition coefficient (Wildman–Crippen LogP) is 2.99. The Kier molecular flexibility index (Phi) is 4.54. The summed E-state index contributed by atoms with van der Waals surface area (Å²) in [6.07, 6.45) is 2.63. The van der Waals surface area contributed by atoms with E-state index in [1.165, 1.54) is 25.9 Å². The molecule has 0 radical (unpaired) electrons. The maximum absolute atomic E-state index is 5.65. The van der Waals surface area contributed by atoms with Gasteiger partial charge in [-0.05, 0) is 50.9 Å². The largest absolute Gasteiger partial charge is 0.486 e. The third kappa shape index (κ3) is 3.43. The van der Waals surface area contributed by atoms with E-state index in [0.717, 1.165) is 23.7 Å². The minimum absolute atomic E-state index is 0.474. The van der Waals surface area contributed by atoms with E-state index in [4.69, 9.17) is 9.47 Å². The maximum Gasteiger partial charge on any atom is 0.163 e. The zero-order chi connectivity index (χ0) is 14.7. The summed E-state index contributed by atoms with van der Waals surface area (Å²) in [5.41, 5.74) is 1.13. The molecule has 1 N–H and O–H groups in total.